The highest BCUT2D eigenvalue weighted by atomic mass is 79.9. The van der Waals surface area contributed by atoms with Crippen LogP contribution >= 0.6 is 15.9 Å². The lowest BCUT2D eigenvalue weighted by molar-refractivity contribution is 0.0955. The first kappa shape index (κ1) is 26.4. The Labute approximate surface area is 225 Å². The standard InChI is InChI=1S/C28H27BrN4O3S/c1-20-16-24(21(2)33(20)27-11-7-10-25(29)17-27)18-30-31-28(34)23-12-14-26(15-13-23)32(37(3,35)36)19-22-8-5-4-6-9-22/h4-18H,19H2,1-3H3,(H,31,34). The van der Waals surface area contributed by atoms with Gasteiger partial charge in [0.1, 0.15) is 0 Å². The molecule has 0 spiro atoms. The van der Waals surface area contributed by atoms with Crippen molar-refractivity contribution < 1.29 is 13.2 Å². The van der Waals surface area contributed by atoms with Crippen molar-refractivity contribution in [3.8, 4) is 5.69 Å². The van der Waals surface area contributed by atoms with Crippen molar-refractivity contribution >= 4 is 43.8 Å². The SMILES string of the molecule is Cc1cc(C=NNC(=O)c2ccc(N(Cc3ccccc3)S(C)(=O)=O)cc2)c(C)n1-c1cccc(Br)c1. The number of benzene rings is 3. The lowest BCUT2D eigenvalue weighted by atomic mass is 10.2. The number of carbonyl (C=O) groups is 1. The van der Waals surface area contributed by atoms with Crippen molar-refractivity contribution in [3.63, 3.8) is 0 Å². The number of rotatable bonds is 8. The molecule has 190 valence electrons. The molecule has 1 heterocycles. The van der Waals surface area contributed by atoms with E-state index in [4.69, 9.17) is 0 Å². The number of hydrogen-bond acceptors (Lipinski definition) is 4. The van der Waals surface area contributed by atoms with Crippen LogP contribution in [0.2, 0.25) is 0 Å². The number of carbonyl (C=O) groups excluding carboxylic acids is 1. The maximum Gasteiger partial charge on any atom is 0.271 e. The highest BCUT2D eigenvalue weighted by Crippen LogP contribution is 2.23. The highest BCUT2D eigenvalue weighted by molar-refractivity contribution is 9.10. The Balaban J connectivity index is 1.46. The molecule has 3 aromatic carbocycles. The summed E-state index contributed by atoms with van der Waals surface area (Å²) in [4.78, 5) is 12.7. The molecule has 4 aromatic rings. The van der Waals surface area contributed by atoms with E-state index < -0.39 is 15.9 Å². The van der Waals surface area contributed by atoms with Gasteiger partial charge in [-0.25, -0.2) is 13.8 Å². The summed E-state index contributed by atoms with van der Waals surface area (Å²) in [6.07, 6.45) is 2.78. The summed E-state index contributed by atoms with van der Waals surface area (Å²) in [5.74, 6) is -0.391. The van der Waals surface area contributed by atoms with Crippen LogP contribution in [-0.4, -0.2) is 31.4 Å². The van der Waals surface area contributed by atoms with Crippen molar-refractivity contribution in [2.24, 2.45) is 5.10 Å². The summed E-state index contributed by atoms with van der Waals surface area (Å²) < 4.78 is 29.3. The monoisotopic (exact) mass is 578 g/mol. The molecule has 0 unspecified atom stereocenters. The van der Waals surface area contributed by atoms with Crippen LogP contribution in [-0.2, 0) is 16.6 Å². The number of hydrazone groups is 1. The average molecular weight is 580 g/mol. The van der Waals surface area contributed by atoms with Crippen LogP contribution < -0.4 is 9.73 Å². The summed E-state index contributed by atoms with van der Waals surface area (Å²) >= 11 is 3.51. The maximum atomic E-state index is 12.7. The van der Waals surface area contributed by atoms with E-state index in [0.717, 1.165) is 32.7 Å². The van der Waals surface area contributed by atoms with E-state index >= 15 is 0 Å². The number of aromatic nitrogens is 1. The maximum absolute atomic E-state index is 12.7. The third-order valence-electron chi connectivity index (χ3n) is 5.89. The van der Waals surface area contributed by atoms with Gasteiger partial charge in [-0.1, -0.05) is 52.3 Å². The minimum absolute atomic E-state index is 0.202. The largest absolute Gasteiger partial charge is 0.318 e. The normalized spacial score (nSPS) is 11.6. The number of anilines is 1. The van der Waals surface area contributed by atoms with Crippen molar-refractivity contribution in [1.82, 2.24) is 9.99 Å². The van der Waals surface area contributed by atoms with Crippen molar-refractivity contribution in [2.75, 3.05) is 10.6 Å². The topological polar surface area (TPSA) is 83.8 Å². The summed E-state index contributed by atoms with van der Waals surface area (Å²) in [5, 5.41) is 4.14. The van der Waals surface area contributed by atoms with Crippen molar-refractivity contribution in [1.29, 1.82) is 0 Å². The molecular weight excluding hydrogens is 552 g/mol. The number of aryl methyl sites for hydroxylation is 1. The number of nitrogens with one attached hydrogen (secondary N) is 1. The molecule has 9 heteroatoms. The summed E-state index contributed by atoms with van der Waals surface area (Å²) in [6.45, 7) is 4.22. The smallest absolute Gasteiger partial charge is 0.271 e. The third-order valence-corrected chi connectivity index (χ3v) is 7.53. The zero-order valence-electron chi connectivity index (χ0n) is 20.7. The lowest BCUT2D eigenvalue weighted by Gasteiger charge is -2.22. The van der Waals surface area contributed by atoms with E-state index in [1.165, 1.54) is 10.6 Å². The predicted octanol–water partition coefficient (Wildman–Crippen LogP) is 5.59. The molecule has 7 nitrogen and oxygen atoms in total. The van der Waals surface area contributed by atoms with Crippen LogP contribution in [0.5, 0.6) is 0 Å². The van der Waals surface area contributed by atoms with E-state index in [1.807, 2.05) is 74.5 Å². The Morgan fingerprint density at radius 2 is 1.70 bits per heavy atom. The van der Waals surface area contributed by atoms with Gasteiger partial charge in [-0.15, -0.1) is 0 Å². The van der Waals surface area contributed by atoms with E-state index in [1.54, 1.807) is 30.5 Å². The molecule has 0 aliphatic carbocycles. The fourth-order valence-corrected chi connectivity index (χ4v) is 5.36. The fraction of sp³-hybridized carbons (Fsp3) is 0.143. The quantitative estimate of drug-likeness (QED) is 0.218. The molecule has 0 atom stereocenters. The first-order valence-electron chi connectivity index (χ1n) is 11.5. The van der Waals surface area contributed by atoms with Crippen LogP contribution in [0.15, 0.2) is 94.5 Å². The average Bonchev–Trinajstić information content (AvgIpc) is 3.15. The van der Waals surface area contributed by atoms with Crippen molar-refractivity contribution in [2.45, 2.75) is 20.4 Å². The second kappa shape index (κ2) is 11.1. The lowest BCUT2D eigenvalue weighted by Crippen LogP contribution is -2.29. The van der Waals surface area contributed by atoms with Crippen LogP contribution in [0.25, 0.3) is 5.69 Å². The molecule has 0 radical (unpaired) electrons. The molecule has 0 saturated carbocycles. The molecule has 1 amide bonds. The fourth-order valence-electron chi connectivity index (χ4n) is 4.08. The molecule has 0 fully saturated rings. The van der Waals surface area contributed by atoms with E-state index in [9.17, 15) is 13.2 Å². The Hall–Kier alpha value is -3.69. The molecule has 0 aliphatic heterocycles. The van der Waals surface area contributed by atoms with Gasteiger partial charge in [-0.3, -0.25) is 9.10 Å². The van der Waals surface area contributed by atoms with Crippen molar-refractivity contribution in [3.05, 3.63) is 117 Å². The Morgan fingerprint density at radius 1 is 1.00 bits per heavy atom. The molecule has 37 heavy (non-hydrogen) atoms. The summed E-state index contributed by atoms with van der Waals surface area (Å²) in [6, 6.07) is 25.8. The van der Waals surface area contributed by atoms with Gasteiger partial charge in [0.05, 0.1) is 24.7 Å². The minimum Gasteiger partial charge on any atom is -0.318 e. The van der Waals surface area contributed by atoms with Gasteiger partial charge in [0.2, 0.25) is 10.0 Å². The van der Waals surface area contributed by atoms with Crippen LogP contribution in [0.4, 0.5) is 5.69 Å². The molecule has 0 bridgehead atoms. The van der Waals surface area contributed by atoms with Crippen LogP contribution in [0, 0.1) is 13.8 Å². The van der Waals surface area contributed by atoms with Gasteiger partial charge in [0.25, 0.3) is 5.91 Å². The van der Waals surface area contributed by atoms with Gasteiger partial charge in [-0.05, 0) is 67.9 Å². The van der Waals surface area contributed by atoms with Gasteiger partial charge in [0.15, 0.2) is 0 Å². The van der Waals surface area contributed by atoms with E-state index in [0.29, 0.717) is 11.3 Å². The first-order valence-corrected chi connectivity index (χ1v) is 14.2. The molecule has 1 N–H and O–H groups in total. The van der Waals surface area contributed by atoms with Gasteiger partial charge >= 0.3 is 0 Å². The van der Waals surface area contributed by atoms with Gasteiger partial charge < -0.3 is 4.57 Å². The van der Waals surface area contributed by atoms with Crippen LogP contribution in [0.3, 0.4) is 0 Å². The molecular formula is C28H27BrN4O3S. The number of halogens is 1. The first-order chi connectivity index (χ1) is 17.6. The summed E-state index contributed by atoms with van der Waals surface area (Å²) in [7, 11) is -3.52. The number of amides is 1. The zero-order chi connectivity index (χ0) is 26.6. The van der Waals surface area contributed by atoms with E-state index in [2.05, 4.69) is 31.0 Å². The third kappa shape index (κ3) is 6.36. The molecule has 4 rings (SSSR count). The second-order valence-electron chi connectivity index (χ2n) is 8.64. The molecule has 0 aliphatic rings. The number of sulfonamides is 1. The minimum atomic E-state index is -3.52. The summed E-state index contributed by atoms with van der Waals surface area (Å²) in [5.41, 5.74) is 8.23. The number of nitrogens with zero attached hydrogens (tertiary/aromatic N) is 3. The van der Waals surface area contributed by atoms with Gasteiger partial charge in [0, 0.05) is 32.7 Å². The Kier molecular flexibility index (Phi) is 7.94. The predicted molar refractivity (Wildman–Crippen MR) is 152 cm³/mol. The number of hydrogen-bond donors (Lipinski definition) is 1. The second-order valence-corrected chi connectivity index (χ2v) is 11.5. The Morgan fingerprint density at radius 3 is 2.35 bits per heavy atom. The van der Waals surface area contributed by atoms with E-state index in [-0.39, 0.29) is 6.54 Å². The Bertz CT molecular complexity index is 1550. The zero-order valence-corrected chi connectivity index (χ0v) is 23.1. The van der Waals surface area contributed by atoms with Crippen LogP contribution in [0.1, 0.15) is 32.9 Å². The molecule has 1 aromatic heterocycles. The highest BCUT2D eigenvalue weighted by Gasteiger charge is 2.18. The van der Waals surface area contributed by atoms with Gasteiger partial charge in [-0.2, -0.15) is 5.10 Å². The molecule has 0 saturated heterocycles.